The smallest absolute Gasteiger partial charge is 0.401 e. The minimum Gasteiger partial charge on any atom is -0.477 e. The molecule has 8 heteroatoms. The third kappa shape index (κ3) is 4.98. The Morgan fingerprint density at radius 3 is 2.43 bits per heavy atom. The van der Waals surface area contributed by atoms with Crippen molar-refractivity contribution >= 4 is 5.97 Å². The largest absolute Gasteiger partial charge is 0.477 e. The molecule has 0 atom stereocenters. The summed E-state index contributed by atoms with van der Waals surface area (Å²) in [5.74, 6) is -1.09. The lowest BCUT2D eigenvalue weighted by Gasteiger charge is -2.34. The van der Waals surface area contributed by atoms with E-state index in [1.165, 1.54) is 17.2 Å². The predicted octanol–water partition coefficient (Wildman–Crippen LogP) is 1.46. The van der Waals surface area contributed by atoms with Crippen molar-refractivity contribution in [2.45, 2.75) is 12.7 Å². The van der Waals surface area contributed by atoms with Crippen LogP contribution in [0.4, 0.5) is 13.2 Å². The molecule has 1 aromatic rings. The van der Waals surface area contributed by atoms with Crippen LogP contribution in [0.1, 0.15) is 16.1 Å². The van der Waals surface area contributed by atoms with Gasteiger partial charge < -0.3 is 5.11 Å². The highest BCUT2D eigenvalue weighted by Crippen LogP contribution is 2.18. The van der Waals surface area contributed by atoms with E-state index in [-0.39, 0.29) is 5.69 Å². The van der Waals surface area contributed by atoms with Crippen molar-refractivity contribution in [1.29, 1.82) is 0 Å². The number of aromatic carboxylic acids is 1. The summed E-state index contributed by atoms with van der Waals surface area (Å²) in [4.78, 5) is 18.0. The van der Waals surface area contributed by atoms with Gasteiger partial charge in [0.25, 0.3) is 0 Å². The summed E-state index contributed by atoms with van der Waals surface area (Å²) in [5.41, 5.74) is 0.773. The van der Waals surface area contributed by atoms with E-state index in [4.69, 9.17) is 5.11 Å². The van der Waals surface area contributed by atoms with E-state index in [0.717, 1.165) is 5.56 Å². The SMILES string of the molecule is O=C(O)c1cc(CN2CCN(CC(F)(F)F)CC2)ccn1. The molecule has 0 bridgehead atoms. The Balaban J connectivity index is 1.86. The van der Waals surface area contributed by atoms with Crippen LogP contribution in [-0.2, 0) is 6.54 Å². The molecule has 1 saturated heterocycles. The number of carboxylic acids is 1. The van der Waals surface area contributed by atoms with Crippen LogP contribution < -0.4 is 0 Å². The van der Waals surface area contributed by atoms with E-state index in [2.05, 4.69) is 4.98 Å². The number of alkyl halides is 3. The molecule has 1 fully saturated rings. The molecule has 0 aliphatic carbocycles. The lowest BCUT2D eigenvalue weighted by Crippen LogP contribution is -2.48. The summed E-state index contributed by atoms with van der Waals surface area (Å²) in [5, 5.41) is 8.87. The minimum absolute atomic E-state index is 0.0248. The van der Waals surface area contributed by atoms with Crippen LogP contribution in [0.15, 0.2) is 18.3 Å². The maximum atomic E-state index is 12.3. The fraction of sp³-hybridized carbons (Fsp3) is 0.538. The highest BCUT2D eigenvalue weighted by Gasteiger charge is 2.32. The van der Waals surface area contributed by atoms with Crippen molar-refractivity contribution in [3.63, 3.8) is 0 Å². The first-order valence-electron chi connectivity index (χ1n) is 6.53. The molecular formula is C13H16F3N3O2. The average Bonchev–Trinajstić information content (AvgIpc) is 2.40. The van der Waals surface area contributed by atoms with Gasteiger partial charge in [0.05, 0.1) is 6.54 Å². The molecule has 2 heterocycles. The van der Waals surface area contributed by atoms with Gasteiger partial charge in [-0.1, -0.05) is 0 Å². The quantitative estimate of drug-likeness (QED) is 0.912. The van der Waals surface area contributed by atoms with Gasteiger partial charge in [-0.25, -0.2) is 9.78 Å². The molecule has 0 saturated carbocycles. The maximum Gasteiger partial charge on any atom is 0.401 e. The zero-order valence-corrected chi connectivity index (χ0v) is 11.3. The molecule has 1 aromatic heterocycles. The van der Waals surface area contributed by atoms with Gasteiger partial charge in [-0.2, -0.15) is 13.2 Å². The van der Waals surface area contributed by atoms with Gasteiger partial charge in [-0.05, 0) is 17.7 Å². The van der Waals surface area contributed by atoms with Crippen LogP contribution in [0.3, 0.4) is 0 Å². The zero-order valence-electron chi connectivity index (χ0n) is 11.3. The zero-order chi connectivity index (χ0) is 15.5. The van der Waals surface area contributed by atoms with Crippen molar-refractivity contribution in [3.8, 4) is 0 Å². The fourth-order valence-electron chi connectivity index (χ4n) is 2.31. The summed E-state index contributed by atoms with van der Waals surface area (Å²) in [6, 6.07) is 3.21. The number of rotatable bonds is 4. The van der Waals surface area contributed by atoms with E-state index in [1.807, 2.05) is 4.90 Å². The maximum absolute atomic E-state index is 12.3. The van der Waals surface area contributed by atoms with Gasteiger partial charge in [0.15, 0.2) is 0 Å². The summed E-state index contributed by atoms with van der Waals surface area (Å²) >= 11 is 0. The van der Waals surface area contributed by atoms with Gasteiger partial charge in [-0.15, -0.1) is 0 Å². The van der Waals surface area contributed by atoms with Crippen molar-refractivity contribution in [3.05, 3.63) is 29.6 Å². The summed E-state index contributed by atoms with van der Waals surface area (Å²) in [6.45, 7) is 1.41. The van der Waals surface area contributed by atoms with Gasteiger partial charge in [-0.3, -0.25) is 9.80 Å². The predicted molar refractivity (Wildman–Crippen MR) is 69.0 cm³/mol. The van der Waals surface area contributed by atoms with E-state index >= 15 is 0 Å². The first-order valence-corrected chi connectivity index (χ1v) is 6.53. The summed E-state index contributed by atoms with van der Waals surface area (Å²) in [7, 11) is 0. The molecule has 1 aliphatic rings. The summed E-state index contributed by atoms with van der Waals surface area (Å²) < 4.78 is 36.9. The topological polar surface area (TPSA) is 56.7 Å². The van der Waals surface area contributed by atoms with Gasteiger partial charge in [0.1, 0.15) is 5.69 Å². The average molecular weight is 303 g/mol. The van der Waals surface area contributed by atoms with Gasteiger partial charge in [0, 0.05) is 38.9 Å². The van der Waals surface area contributed by atoms with Gasteiger partial charge in [0.2, 0.25) is 0 Å². The molecule has 0 aromatic carbocycles. The highest BCUT2D eigenvalue weighted by molar-refractivity contribution is 5.85. The number of halogens is 3. The number of carboxylic acid groups (broad SMARTS) is 1. The Hall–Kier alpha value is -1.67. The molecule has 1 aliphatic heterocycles. The number of carbonyl (C=O) groups is 1. The van der Waals surface area contributed by atoms with Crippen molar-refractivity contribution < 1.29 is 23.1 Å². The first-order chi connectivity index (χ1) is 9.83. The number of hydrogen-bond acceptors (Lipinski definition) is 4. The molecule has 5 nitrogen and oxygen atoms in total. The lowest BCUT2D eigenvalue weighted by molar-refractivity contribution is -0.149. The Morgan fingerprint density at radius 2 is 1.86 bits per heavy atom. The Labute approximate surface area is 120 Å². The molecule has 1 N–H and O–H groups in total. The molecular weight excluding hydrogens is 287 g/mol. The highest BCUT2D eigenvalue weighted by atomic mass is 19.4. The van der Waals surface area contributed by atoms with Crippen LogP contribution in [0.25, 0.3) is 0 Å². The van der Waals surface area contributed by atoms with E-state index in [1.54, 1.807) is 6.07 Å². The number of piperazine rings is 1. The fourth-order valence-corrected chi connectivity index (χ4v) is 2.31. The second kappa shape index (κ2) is 6.40. The molecule has 0 spiro atoms. The second-order valence-electron chi connectivity index (χ2n) is 5.02. The molecule has 116 valence electrons. The van der Waals surface area contributed by atoms with E-state index in [9.17, 15) is 18.0 Å². The normalized spacial score (nSPS) is 17.9. The molecule has 0 unspecified atom stereocenters. The number of nitrogens with zero attached hydrogens (tertiary/aromatic N) is 3. The van der Waals surface area contributed by atoms with Crippen molar-refractivity contribution in [2.24, 2.45) is 0 Å². The van der Waals surface area contributed by atoms with E-state index in [0.29, 0.717) is 32.7 Å². The third-order valence-corrected chi connectivity index (χ3v) is 3.32. The molecule has 0 amide bonds. The Morgan fingerprint density at radius 1 is 1.24 bits per heavy atom. The van der Waals surface area contributed by atoms with Crippen LogP contribution in [0.2, 0.25) is 0 Å². The number of aromatic nitrogens is 1. The minimum atomic E-state index is -4.16. The summed E-state index contributed by atoms with van der Waals surface area (Å²) in [6.07, 6.45) is -2.73. The Bertz CT molecular complexity index is 500. The van der Waals surface area contributed by atoms with Crippen molar-refractivity contribution in [1.82, 2.24) is 14.8 Å². The molecule has 21 heavy (non-hydrogen) atoms. The van der Waals surface area contributed by atoms with Gasteiger partial charge >= 0.3 is 12.1 Å². The van der Waals surface area contributed by atoms with E-state index < -0.39 is 18.7 Å². The third-order valence-electron chi connectivity index (χ3n) is 3.32. The van der Waals surface area contributed by atoms with Crippen LogP contribution in [0.5, 0.6) is 0 Å². The monoisotopic (exact) mass is 303 g/mol. The standard InChI is InChI=1S/C13H16F3N3O2/c14-13(15,16)9-19-5-3-18(4-6-19)8-10-1-2-17-11(7-10)12(20)21/h1-2,7H,3-6,8-9H2,(H,20,21). The second-order valence-corrected chi connectivity index (χ2v) is 5.02. The van der Waals surface area contributed by atoms with Crippen LogP contribution >= 0.6 is 0 Å². The number of hydrogen-bond donors (Lipinski definition) is 1. The lowest BCUT2D eigenvalue weighted by atomic mass is 10.2. The van der Waals surface area contributed by atoms with Crippen LogP contribution in [0, 0.1) is 0 Å². The molecule has 0 radical (unpaired) electrons. The number of pyridine rings is 1. The first kappa shape index (κ1) is 15.7. The van der Waals surface area contributed by atoms with Crippen LogP contribution in [-0.4, -0.2) is 64.8 Å². The Kier molecular flexibility index (Phi) is 4.79. The van der Waals surface area contributed by atoms with Crippen molar-refractivity contribution in [2.75, 3.05) is 32.7 Å². The molecule has 2 rings (SSSR count).